The van der Waals surface area contributed by atoms with Crippen LogP contribution in [-0.4, -0.2) is 30.7 Å². The summed E-state index contributed by atoms with van der Waals surface area (Å²) in [5, 5.41) is 9.42. The van der Waals surface area contributed by atoms with E-state index < -0.39 is 0 Å². The molecule has 2 heterocycles. The monoisotopic (exact) mass is 144 g/mol. The molecule has 3 atom stereocenters. The molecule has 0 bridgehead atoms. The Bertz CT molecular complexity index is 126. The quantitative estimate of drug-likeness (QED) is 0.525. The number of hydrogen-bond donors (Lipinski definition) is 1. The molecule has 0 aromatic rings. The van der Waals surface area contributed by atoms with Gasteiger partial charge in [-0.25, -0.2) is 0 Å². The van der Waals surface area contributed by atoms with Crippen LogP contribution < -0.4 is 0 Å². The van der Waals surface area contributed by atoms with Gasteiger partial charge in [0.2, 0.25) is 0 Å². The third-order valence-electron chi connectivity index (χ3n) is 2.27. The second-order valence-electron chi connectivity index (χ2n) is 2.92. The van der Waals surface area contributed by atoms with E-state index in [1.54, 1.807) is 0 Å². The molecule has 3 nitrogen and oxygen atoms in total. The maximum Gasteiger partial charge on any atom is 0.162 e. The van der Waals surface area contributed by atoms with Gasteiger partial charge in [-0.2, -0.15) is 0 Å². The molecule has 1 N–H and O–H groups in total. The molecule has 0 radical (unpaired) electrons. The fourth-order valence-electron chi connectivity index (χ4n) is 1.64. The van der Waals surface area contributed by atoms with Crippen molar-refractivity contribution in [2.24, 2.45) is 5.92 Å². The van der Waals surface area contributed by atoms with Crippen molar-refractivity contribution in [2.45, 2.75) is 25.2 Å². The lowest BCUT2D eigenvalue weighted by Crippen LogP contribution is -2.36. The highest BCUT2D eigenvalue weighted by Gasteiger charge is 2.37. The first-order chi connectivity index (χ1) is 4.88. The van der Waals surface area contributed by atoms with Crippen molar-refractivity contribution < 1.29 is 14.6 Å². The van der Waals surface area contributed by atoms with Crippen LogP contribution in [0, 0.1) is 5.92 Å². The zero-order valence-electron chi connectivity index (χ0n) is 5.82. The summed E-state index contributed by atoms with van der Waals surface area (Å²) in [6, 6.07) is 0. The zero-order valence-corrected chi connectivity index (χ0v) is 5.82. The molecule has 0 unspecified atom stereocenters. The second-order valence-corrected chi connectivity index (χ2v) is 2.92. The fourth-order valence-corrected chi connectivity index (χ4v) is 1.64. The predicted octanol–water partition coefficient (Wildman–Crippen LogP) is 0.130. The summed E-state index contributed by atoms with van der Waals surface area (Å²) >= 11 is 0. The molecule has 10 heavy (non-hydrogen) atoms. The lowest BCUT2D eigenvalue weighted by atomic mass is 9.96. The van der Waals surface area contributed by atoms with Gasteiger partial charge < -0.3 is 14.6 Å². The number of rotatable bonds is 0. The average molecular weight is 144 g/mol. The topological polar surface area (TPSA) is 38.7 Å². The van der Waals surface area contributed by atoms with Crippen LogP contribution in [0.3, 0.4) is 0 Å². The van der Waals surface area contributed by atoms with E-state index in [0.717, 1.165) is 19.4 Å². The first kappa shape index (κ1) is 6.58. The molecule has 3 heteroatoms. The highest BCUT2D eigenvalue weighted by atomic mass is 16.7. The van der Waals surface area contributed by atoms with Gasteiger partial charge in [-0.15, -0.1) is 0 Å². The molecule has 0 spiro atoms. The summed E-state index contributed by atoms with van der Waals surface area (Å²) in [4.78, 5) is 0. The highest BCUT2D eigenvalue weighted by Crippen LogP contribution is 2.30. The summed E-state index contributed by atoms with van der Waals surface area (Å²) in [5.74, 6) is 0.244. The Hall–Kier alpha value is -0.120. The van der Waals surface area contributed by atoms with E-state index in [1.807, 2.05) is 0 Å². The van der Waals surface area contributed by atoms with Gasteiger partial charge in [-0.05, 0) is 12.8 Å². The van der Waals surface area contributed by atoms with Crippen molar-refractivity contribution in [2.75, 3.05) is 13.2 Å². The molecule has 0 aromatic carbocycles. The van der Waals surface area contributed by atoms with Gasteiger partial charge in [-0.1, -0.05) is 0 Å². The van der Waals surface area contributed by atoms with E-state index in [-0.39, 0.29) is 18.3 Å². The average Bonchev–Trinajstić information content (AvgIpc) is 2.36. The standard InChI is InChI=1S/C7H12O3/c8-6-2-4-10-7-5(6)1-3-9-7/h5-8H,1-4H2/t5-,6-,7+/m0/s1. The Morgan fingerprint density at radius 2 is 1.80 bits per heavy atom. The van der Waals surface area contributed by atoms with Crippen molar-refractivity contribution in [3.05, 3.63) is 0 Å². The Morgan fingerprint density at radius 1 is 1.10 bits per heavy atom. The van der Waals surface area contributed by atoms with E-state index in [2.05, 4.69) is 0 Å². The van der Waals surface area contributed by atoms with Crippen LogP contribution in [-0.2, 0) is 9.47 Å². The number of aliphatic hydroxyl groups is 1. The molecule has 0 aromatic heterocycles. The van der Waals surface area contributed by atoms with Crippen molar-refractivity contribution in [3.63, 3.8) is 0 Å². The van der Waals surface area contributed by atoms with Crippen molar-refractivity contribution in [1.82, 2.24) is 0 Å². The number of hydrogen-bond acceptors (Lipinski definition) is 3. The summed E-state index contributed by atoms with van der Waals surface area (Å²) in [7, 11) is 0. The first-order valence-corrected chi connectivity index (χ1v) is 3.79. The minimum Gasteiger partial charge on any atom is -0.393 e. The molecule has 2 saturated heterocycles. The summed E-state index contributed by atoms with van der Waals surface area (Å²) in [6.07, 6.45) is 1.42. The molecular formula is C7H12O3. The third-order valence-corrected chi connectivity index (χ3v) is 2.27. The minimum absolute atomic E-state index is 0.108. The fraction of sp³-hybridized carbons (Fsp3) is 1.00. The van der Waals surface area contributed by atoms with Gasteiger partial charge >= 0.3 is 0 Å². The van der Waals surface area contributed by atoms with Crippen molar-refractivity contribution >= 4 is 0 Å². The molecule has 2 aliphatic rings. The van der Waals surface area contributed by atoms with E-state index in [9.17, 15) is 5.11 Å². The molecule has 0 amide bonds. The number of ether oxygens (including phenoxy) is 2. The Kier molecular flexibility index (Phi) is 1.64. The minimum atomic E-state index is -0.193. The maximum atomic E-state index is 9.42. The van der Waals surface area contributed by atoms with E-state index >= 15 is 0 Å². The van der Waals surface area contributed by atoms with Crippen LogP contribution in [0.1, 0.15) is 12.8 Å². The lowest BCUT2D eigenvalue weighted by Gasteiger charge is -2.28. The number of fused-ring (bicyclic) bond motifs is 1. The predicted molar refractivity (Wildman–Crippen MR) is 34.4 cm³/mol. The lowest BCUT2D eigenvalue weighted by molar-refractivity contribution is -0.179. The smallest absolute Gasteiger partial charge is 0.162 e. The van der Waals surface area contributed by atoms with Crippen LogP contribution in [0.15, 0.2) is 0 Å². The molecule has 58 valence electrons. The Labute approximate surface area is 59.9 Å². The number of aliphatic hydroxyl groups excluding tert-OH is 1. The van der Waals surface area contributed by atoms with Crippen LogP contribution in [0.5, 0.6) is 0 Å². The van der Waals surface area contributed by atoms with Gasteiger partial charge in [0.25, 0.3) is 0 Å². The molecule has 0 aliphatic carbocycles. The largest absolute Gasteiger partial charge is 0.393 e. The van der Waals surface area contributed by atoms with Crippen molar-refractivity contribution in [1.29, 1.82) is 0 Å². The summed E-state index contributed by atoms with van der Waals surface area (Å²) < 4.78 is 10.5. The van der Waals surface area contributed by atoms with Gasteiger partial charge in [0, 0.05) is 5.92 Å². The van der Waals surface area contributed by atoms with Gasteiger partial charge in [0.05, 0.1) is 19.3 Å². The Morgan fingerprint density at radius 3 is 2.50 bits per heavy atom. The van der Waals surface area contributed by atoms with Crippen molar-refractivity contribution in [3.8, 4) is 0 Å². The zero-order chi connectivity index (χ0) is 6.97. The van der Waals surface area contributed by atoms with E-state index in [4.69, 9.17) is 9.47 Å². The van der Waals surface area contributed by atoms with Gasteiger partial charge in [-0.3, -0.25) is 0 Å². The highest BCUT2D eigenvalue weighted by molar-refractivity contribution is 4.80. The van der Waals surface area contributed by atoms with E-state index in [1.165, 1.54) is 0 Å². The molecule has 2 aliphatic heterocycles. The maximum absolute atomic E-state index is 9.42. The van der Waals surface area contributed by atoms with Gasteiger partial charge in [0.1, 0.15) is 0 Å². The SMILES string of the molecule is O[C@H]1CCO[C@H]2OCC[C@H]21. The third kappa shape index (κ3) is 0.944. The van der Waals surface area contributed by atoms with Crippen LogP contribution in [0.2, 0.25) is 0 Å². The first-order valence-electron chi connectivity index (χ1n) is 3.79. The van der Waals surface area contributed by atoms with Crippen LogP contribution in [0.4, 0.5) is 0 Å². The summed E-state index contributed by atoms with van der Waals surface area (Å²) in [6.45, 7) is 1.38. The van der Waals surface area contributed by atoms with Gasteiger partial charge in [0.15, 0.2) is 6.29 Å². The molecular weight excluding hydrogens is 132 g/mol. The second kappa shape index (κ2) is 2.49. The van der Waals surface area contributed by atoms with Crippen LogP contribution >= 0.6 is 0 Å². The van der Waals surface area contributed by atoms with E-state index in [0.29, 0.717) is 6.61 Å². The summed E-state index contributed by atoms with van der Waals surface area (Å²) in [5.41, 5.74) is 0. The van der Waals surface area contributed by atoms with Crippen LogP contribution in [0.25, 0.3) is 0 Å². The molecule has 2 rings (SSSR count). The Balaban J connectivity index is 2.03. The molecule has 2 fully saturated rings. The normalized spacial score (nSPS) is 47.1. The molecule has 0 saturated carbocycles.